The Kier molecular flexibility index (Phi) is 1.88. The normalized spacial score (nSPS) is 33.2. The topological polar surface area (TPSA) is 0 Å². The van der Waals surface area contributed by atoms with Crippen LogP contribution in [-0.4, -0.2) is 23.7 Å². The molecule has 0 spiro atoms. The summed E-state index contributed by atoms with van der Waals surface area (Å²) in [4.78, 5) is 0. The Balaban J connectivity index is 3.38. The molecule has 0 saturated heterocycles. The monoisotopic (exact) mass is 231 g/mol. The van der Waals surface area contributed by atoms with Crippen LogP contribution in [0.15, 0.2) is 0 Å². The second kappa shape index (κ2) is 2.30. The third-order valence-corrected chi connectivity index (χ3v) is 1.73. The van der Waals surface area contributed by atoms with E-state index in [0.717, 1.165) is 0 Å². The summed E-state index contributed by atoms with van der Waals surface area (Å²) < 4.78 is 108. The van der Waals surface area contributed by atoms with Crippen molar-refractivity contribution in [3.05, 3.63) is 6.17 Å². The van der Waals surface area contributed by atoms with Gasteiger partial charge in [0.1, 0.15) is 0 Å². The van der Waals surface area contributed by atoms with E-state index in [0.29, 0.717) is 0 Å². The first-order valence-electron chi connectivity index (χ1n) is 2.95. The first-order valence-corrected chi connectivity index (χ1v) is 2.95. The number of hydrogen-bond donors (Lipinski definition) is 0. The highest BCUT2D eigenvalue weighted by atomic mass is 19.4. The maximum atomic E-state index is 12.0. The van der Waals surface area contributed by atoms with Gasteiger partial charge in [0.2, 0.25) is 0 Å². The van der Waals surface area contributed by atoms with Gasteiger partial charge in [-0.3, -0.25) is 0 Å². The fourth-order valence-corrected chi connectivity index (χ4v) is 0.867. The Bertz CT molecular complexity index is 228. The maximum Gasteiger partial charge on any atom is 0.382 e. The zero-order valence-corrected chi connectivity index (χ0v) is 5.90. The van der Waals surface area contributed by atoms with Crippen LogP contribution in [0.3, 0.4) is 0 Å². The van der Waals surface area contributed by atoms with E-state index in [1.165, 1.54) is 0 Å². The van der Waals surface area contributed by atoms with Gasteiger partial charge in [0, 0.05) is 0 Å². The van der Waals surface area contributed by atoms with Gasteiger partial charge < -0.3 is 0 Å². The molecular formula is C5F9. The number of halogens is 9. The molecule has 1 saturated carbocycles. The number of hydrogen-bond acceptors (Lipinski definition) is 0. The largest absolute Gasteiger partial charge is 0.382 e. The molecule has 14 heavy (non-hydrogen) atoms. The summed E-state index contributed by atoms with van der Waals surface area (Å²) in [7, 11) is 0. The summed E-state index contributed by atoms with van der Waals surface area (Å²) >= 11 is 0. The van der Waals surface area contributed by atoms with Crippen molar-refractivity contribution in [1.29, 1.82) is 0 Å². The third kappa shape index (κ3) is 0.830. The molecule has 0 aromatic rings. The molecule has 0 unspecified atom stereocenters. The molecule has 0 aromatic heterocycles. The van der Waals surface area contributed by atoms with E-state index in [4.69, 9.17) is 0 Å². The van der Waals surface area contributed by atoms with Gasteiger partial charge in [-0.25, -0.2) is 4.39 Å². The van der Waals surface area contributed by atoms with Gasteiger partial charge in [0.25, 0.3) is 6.17 Å². The quantitative estimate of drug-likeness (QED) is 0.562. The van der Waals surface area contributed by atoms with Gasteiger partial charge in [-0.15, -0.1) is 0 Å². The molecule has 1 fully saturated rings. The van der Waals surface area contributed by atoms with Crippen molar-refractivity contribution in [3.63, 3.8) is 0 Å². The Morgan fingerprint density at radius 1 is 0.571 bits per heavy atom. The van der Waals surface area contributed by atoms with Crippen molar-refractivity contribution in [2.45, 2.75) is 23.7 Å². The van der Waals surface area contributed by atoms with Crippen LogP contribution in [0, 0.1) is 6.17 Å². The molecule has 1 radical (unpaired) electrons. The van der Waals surface area contributed by atoms with Gasteiger partial charge in [-0.05, 0) is 0 Å². The fourth-order valence-electron chi connectivity index (χ4n) is 0.867. The molecule has 1 aliphatic rings. The summed E-state index contributed by atoms with van der Waals surface area (Å²) in [5, 5.41) is 0. The minimum Gasteiger partial charge on any atom is -0.226 e. The van der Waals surface area contributed by atoms with Crippen LogP contribution < -0.4 is 0 Å². The lowest BCUT2D eigenvalue weighted by atomic mass is 10.2. The van der Waals surface area contributed by atoms with E-state index >= 15 is 0 Å². The van der Waals surface area contributed by atoms with Crippen LogP contribution in [0.2, 0.25) is 0 Å². The minimum absolute atomic E-state index is 4.01. The van der Waals surface area contributed by atoms with E-state index in [1.807, 2.05) is 0 Å². The fraction of sp³-hybridized carbons (Fsp3) is 0.800. The molecule has 9 heteroatoms. The molecule has 0 heterocycles. The molecule has 1 aliphatic carbocycles. The zero-order valence-electron chi connectivity index (χ0n) is 5.90. The van der Waals surface area contributed by atoms with E-state index in [9.17, 15) is 39.5 Å². The number of alkyl halides is 8. The summed E-state index contributed by atoms with van der Waals surface area (Å²) in [6.07, 6.45) is -4.01. The van der Waals surface area contributed by atoms with Crippen molar-refractivity contribution in [2.75, 3.05) is 0 Å². The standard InChI is InChI=1S/C5F9/c6-1-2(7,8)4(11,12)5(13,14)3(1,9)10. The molecule has 0 nitrogen and oxygen atoms in total. The van der Waals surface area contributed by atoms with Crippen LogP contribution in [0.5, 0.6) is 0 Å². The zero-order chi connectivity index (χ0) is 11.6. The second-order valence-electron chi connectivity index (χ2n) is 2.61. The number of rotatable bonds is 0. The molecule has 0 aliphatic heterocycles. The molecule has 0 aromatic carbocycles. The molecule has 83 valence electrons. The maximum absolute atomic E-state index is 12.0. The lowest BCUT2D eigenvalue weighted by Gasteiger charge is -2.22. The van der Waals surface area contributed by atoms with Crippen molar-refractivity contribution in [2.24, 2.45) is 0 Å². The molecule has 0 atom stereocenters. The van der Waals surface area contributed by atoms with Crippen molar-refractivity contribution >= 4 is 0 Å². The Hall–Kier alpha value is -0.630. The predicted octanol–water partition coefficient (Wildman–Crippen LogP) is 3.04. The van der Waals surface area contributed by atoms with Gasteiger partial charge in [0.05, 0.1) is 0 Å². The van der Waals surface area contributed by atoms with Crippen molar-refractivity contribution in [1.82, 2.24) is 0 Å². The SMILES string of the molecule is F[C]1C(F)(F)C(F)(F)C(F)(F)C1(F)F. The van der Waals surface area contributed by atoms with E-state index in [-0.39, 0.29) is 0 Å². The summed E-state index contributed by atoms with van der Waals surface area (Å²) in [6, 6.07) is 0. The third-order valence-electron chi connectivity index (χ3n) is 1.73. The van der Waals surface area contributed by atoms with E-state index < -0.39 is 29.9 Å². The summed E-state index contributed by atoms with van der Waals surface area (Å²) in [6.45, 7) is 0. The van der Waals surface area contributed by atoms with Crippen molar-refractivity contribution < 1.29 is 39.5 Å². The Morgan fingerprint density at radius 3 is 0.857 bits per heavy atom. The average Bonchev–Trinajstić information content (AvgIpc) is 2.05. The Morgan fingerprint density at radius 2 is 0.786 bits per heavy atom. The summed E-state index contributed by atoms with van der Waals surface area (Å²) in [5.74, 6) is -25.2. The molecule has 0 N–H and O–H groups in total. The van der Waals surface area contributed by atoms with Gasteiger partial charge in [0.15, 0.2) is 0 Å². The van der Waals surface area contributed by atoms with Crippen LogP contribution in [0.4, 0.5) is 39.5 Å². The molecule has 0 bridgehead atoms. The first kappa shape index (κ1) is 11.4. The molecular weight excluding hydrogens is 231 g/mol. The highest BCUT2D eigenvalue weighted by molar-refractivity contribution is 5.28. The minimum atomic E-state index is -6.44. The highest BCUT2D eigenvalue weighted by Gasteiger charge is 2.95. The van der Waals surface area contributed by atoms with Gasteiger partial charge >= 0.3 is 23.7 Å². The average molecular weight is 231 g/mol. The van der Waals surface area contributed by atoms with Gasteiger partial charge in [-0.2, -0.15) is 35.1 Å². The molecule has 1 rings (SSSR count). The van der Waals surface area contributed by atoms with E-state index in [2.05, 4.69) is 0 Å². The van der Waals surface area contributed by atoms with Crippen LogP contribution in [-0.2, 0) is 0 Å². The first-order chi connectivity index (χ1) is 5.90. The highest BCUT2D eigenvalue weighted by Crippen LogP contribution is 2.67. The lowest BCUT2D eigenvalue weighted by Crippen LogP contribution is -2.51. The summed E-state index contributed by atoms with van der Waals surface area (Å²) in [5.41, 5.74) is 0. The molecule has 0 amide bonds. The van der Waals surface area contributed by atoms with Crippen LogP contribution in [0.25, 0.3) is 0 Å². The second-order valence-corrected chi connectivity index (χ2v) is 2.61. The van der Waals surface area contributed by atoms with Gasteiger partial charge in [-0.1, -0.05) is 0 Å². The predicted molar refractivity (Wildman–Crippen MR) is 24.1 cm³/mol. The Labute approximate surface area is 70.7 Å². The van der Waals surface area contributed by atoms with Crippen molar-refractivity contribution in [3.8, 4) is 0 Å². The smallest absolute Gasteiger partial charge is 0.226 e. The van der Waals surface area contributed by atoms with Crippen LogP contribution in [0.1, 0.15) is 0 Å². The lowest BCUT2D eigenvalue weighted by molar-refractivity contribution is -0.303. The van der Waals surface area contributed by atoms with E-state index in [1.54, 1.807) is 0 Å². The van der Waals surface area contributed by atoms with Crippen LogP contribution >= 0.6 is 0 Å².